The fourth-order valence-corrected chi connectivity index (χ4v) is 1.59. The van der Waals surface area contributed by atoms with Crippen molar-refractivity contribution in [1.29, 1.82) is 0 Å². The number of hydrogen-bond donors (Lipinski definition) is 1. The van der Waals surface area contributed by atoms with Gasteiger partial charge < -0.3 is 4.98 Å². The fraction of sp³-hybridized carbons (Fsp3) is 0.167. The third-order valence-electron chi connectivity index (χ3n) is 2.44. The first kappa shape index (κ1) is 11.9. The van der Waals surface area contributed by atoms with E-state index in [2.05, 4.69) is 20.0 Å². The van der Waals surface area contributed by atoms with E-state index in [1.807, 2.05) is 24.3 Å². The average Bonchev–Trinajstić information content (AvgIpc) is 2.39. The van der Waals surface area contributed by atoms with E-state index in [1.165, 1.54) is 6.33 Å². The molecular weight excluding hydrogens is 230 g/mol. The van der Waals surface area contributed by atoms with Gasteiger partial charge in [0.15, 0.2) is 0 Å². The lowest BCUT2D eigenvalue weighted by Gasteiger charge is -1.97. The van der Waals surface area contributed by atoms with E-state index in [4.69, 9.17) is 5.53 Å². The molecule has 0 aliphatic carbocycles. The van der Waals surface area contributed by atoms with Gasteiger partial charge in [-0.25, -0.2) is 4.98 Å². The van der Waals surface area contributed by atoms with Gasteiger partial charge in [-0.1, -0.05) is 23.3 Å². The van der Waals surface area contributed by atoms with E-state index < -0.39 is 0 Å². The quantitative estimate of drug-likeness (QED) is 0.385. The molecule has 0 aliphatic heterocycles. The largest absolute Gasteiger partial charge is 0.313 e. The van der Waals surface area contributed by atoms with Crippen LogP contribution in [-0.2, 0) is 0 Å². The van der Waals surface area contributed by atoms with Crippen molar-refractivity contribution < 1.29 is 0 Å². The van der Waals surface area contributed by atoms with Crippen LogP contribution in [0, 0.1) is 0 Å². The van der Waals surface area contributed by atoms with Crippen LogP contribution in [0.4, 0.5) is 0 Å². The predicted octanol–water partition coefficient (Wildman–Crippen LogP) is 2.64. The molecule has 1 heterocycles. The summed E-state index contributed by atoms with van der Waals surface area (Å²) in [7, 11) is 0. The molecule has 0 radical (unpaired) electrons. The summed E-state index contributed by atoms with van der Waals surface area (Å²) < 4.78 is 0. The van der Waals surface area contributed by atoms with Gasteiger partial charge in [-0.15, -0.1) is 0 Å². The lowest BCUT2D eigenvalue weighted by Crippen LogP contribution is -2.05. The molecule has 0 saturated carbocycles. The van der Waals surface area contributed by atoms with Crippen LogP contribution >= 0.6 is 0 Å². The van der Waals surface area contributed by atoms with Crippen LogP contribution in [0.15, 0.2) is 40.5 Å². The van der Waals surface area contributed by atoms with Crippen molar-refractivity contribution in [3.05, 3.63) is 57.0 Å². The molecule has 0 atom stereocenters. The Morgan fingerprint density at radius 3 is 3.22 bits per heavy atom. The number of azide groups is 1. The highest BCUT2D eigenvalue weighted by Crippen LogP contribution is 2.11. The van der Waals surface area contributed by atoms with Crippen LogP contribution in [0.2, 0.25) is 0 Å². The van der Waals surface area contributed by atoms with Crippen molar-refractivity contribution in [1.82, 2.24) is 9.97 Å². The van der Waals surface area contributed by atoms with Crippen molar-refractivity contribution in [3.63, 3.8) is 0 Å². The Morgan fingerprint density at radius 1 is 1.50 bits per heavy atom. The molecule has 0 amide bonds. The van der Waals surface area contributed by atoms with Gasteiger partial charge in [-0.2, -0.15) is 0 Å². The number of fused-ring (bicyclic) bond motifs is 1. The topological polar surface area (TPSA) is 94.5 Å². The zero-order valence-corrected chi connectivity index (χ0v) is 9.58. The molecule has 0 saturated heterocycles. The molecule has 0 bridgehead atoms. The van der Waals surface area contributed by atoms with Crippen LogP contribution in [0.25, 0.3) is 27.4 Å². The predicted molar refractivity (Wildman–Crippen MR) is 70.0 cm³/mol. The van der Waals surface area contributed by atoms with Crippen LogP contribution < -0.4 is 5.56 Å². The Balaban J connectivity index is 2.20. The minimum atomic E-state index is -0.140. The molecule has 1 aromatic carbocycles. The summed E-state index contributed by atoms with van der Waals surface area (Å²) in [6.45, 7) is 0.443. The summed E-state index contributed by atoms with van der Waals surface area (Å²) in [5, 5.41) is 4.01. The number of H-pyrrole nitrogens is 1. The van der Waals surface area contributed by atoms with Gasteiger partial charge in [0.25, 0.3) is 5.56 Å². The minimum absolute atomic E-state index is 0.140. The van der Waals surface area contributed by atoms with Crippen LogP contribution in [0.1, 0.15) is 12.0 Å². The van der Waals surface area contributed by atoms with Gasteiger partial charge in [0.05, 0.1) is 17.2 Å². The summed E-state index contributed by atoms with van der Waals surface area (Å²) in [4.78, 5) is 20.8. The average molecular weight is 241 g/mol. The monoisotopic (exact) mass is 241 g/mol. The van der Waals surface area contributed by atoms with Crippen LogP contribution in [-0.4, -0.2) is 16.5 Å². The molecule has 0 unspecified atom stereocenters. The summed E-state index contributed by atoms with van der Waals surface area (Å²) in [6, 6.07) is 5.44. The van der Waals surface area contributed by atoms with E-state index >= 15 is 0 Å². The number of rotatable bonds is 4. The molecule has 6 heteroatoms. The molecule has 0 aliphatic rings. The number of hydrogen-bond acceptors (Lipinski definition) is 3. The van der Waals surface area contributed by atoms with Gasteiger partial charge in [-0.3, -0.25) is 4.79 Å². The second-order valence-electron chi connectivity index (χ2n) is 3.65. The normalized spacial score (nSPS) is 10.7. The first-order valence-corrected chi connectivity index (χ1v) is 5.46. The fourth-order valence-electron chi connectivity index (χ4n) is 1.59. The van der Waals surface area contributed by atoms with Crippen LogP contribution in [0.5, 0.6) is 0 Å². The van der Waals surface area contributed by atoms with Gasteiger partial charge in [0, 0.05) is 11.5 Å². The zero-order valence-electron chi connectivity index (χ0n) is 9.58. The maximum absolute atomic E-state index is 11.5. The molecular formula is C12H11N5O. The van der Waals surface area contributed by atoms with Gasteiger partial charge in [0.1, 0.15) is 0 Å². The standard InChI is InChI=1S/C12H11N5O/c13-17-16-6-2-1-3-9-4-5-10-11(7-9)14-8-15-12(10)18/h1,3-5,7-8H,2,6H2,(H,14,15,18). The van der Waals surface area contributed by atoms with E-state index in [0.717, 1.165) is 5.56 Å². The lowest BCUT2D eigenvalue weighted by atomic mass is 10.1. The maximum Gasteiger partial charge on any atom is 0.258 e. The molecule has 0 spiro atoms. The summed E-state index contributed by atoms with van der Waals surface area (Å²) in [6.07, 6.45) is 5.91. The second-order valence-corrected chi connectivity index (χ2v) is 3.65. The summed E-state index contributed by atoms with van der Waals surface area (Å²) >= 11 is 0. The van der Waals surface area contributed by atoms with Crippen molar-refractivity contribution in [2.75, 3.05) is 6.54 Å². The Labute approximate surface area is 103 Å². The number of nitrogens with one attached hydrogen (secondary N) is 1. The van der Waals surface area contributed by atoms with E-state index in [9.17, 15) is 4.79 Å². The number of aromatic amines is 1. The summed E-state index contributed by atoms with van der Waals surface area (Å²) in [5.41, 5.74) is 9.60. The minimum Gasteiger partial charge on any atom is -0.313 e. The Kier molecular flexibility index (Phi) is 3.73. The van der Waals surface area contributed by atoms with Crippen molar-refractivity contribution in [2.24, 2.45) is 5.11 Å². The molecule has 2 aromatic rings. The van der Waals surface area contributed by atoms with E-state index in [-0.39, 0.29) is 5.56 Å². The van der Waals surface area contributed by atoms with Crippen molar-refractivity contribution in [2.45, 2.75) is 6.42 Å². The third kappa shape index (κ3) is 2.75. The molecule has 6 nitrogen and oxygen atoms in total. The molecule has 18 heavy (non-hydrogen) atoms. The van der Waals surface area contributed by atoms with E-state index in [0.29, 0.717) is 23.9 Å². The molecule has 1 aromatic heterocycles. The maximum atomic E-state index is 11.5. The molecule has 2 rings (SSSR count). The highest BCUT2D eigenvalue weighted by atomic mass is 16.1. The second kappa shape index (κ2) is 5.65. The first-order chi connectivity index (χ1) is 8.81. The molecule has 90 valence electrons. The highest BCUT2D eigenvalue weighted by Gasteiger charge is 1.98. The molecule has 1 N–H and O–H groups in total. The summed E-state index contributed by atoms with van der Waals surface area (Å²) in [5.74, 6) is 0. The van der Waals surface area contributed by atoms with Crippen LogP contribution in [0.3, 0.4) is 0 Å². The Bertz CT molecular complexity index is 682. The SMILES string of the molecule is [N-]=[N+]=NCCC=Cc1ccc2c(=O)[nH]cnc2c1. The van der Waals surface area contributed by atoms with Gasteiger partial charge >= 0.3 is 0 Å². The van der Waals surface area contributed by atoms with Gasteiger partial charge in [0.2, 0.25) is 0 Å². The first-order valence-electron chi connectivity index (χ1n) is 5.46. The number of benzene rings is 1. The smallest absolute Gasteiger partial charge is 0.258 e. The number of nitrogens with zero attached hydrogens (tertiary/aromatic N) is 4. The van der Waals surface area contributed by atoms with Gasteiger partial charge in [-0.05, 0) is 29.6 Å². The highest BCUT2D eigenvalue weighted by molar-refractivity contribution is 5.79. The lowest BCUT2D eigenvalue weighted by molar-refractivity contribution is 0.996. The zero-order chi connectivity index (χ0) is 12.8. The van der Waals surface area contributed by atoms with E-state index in [1.54, 1.807) is 6.07 Å². The Morgan fingerprint density at radius 2 is 2.39 bits per heavy atom. The van der Waals surface area contributed by atoms with Crippen molar-refractivity contribution in [3.8, 4) is 0 Å². The Hall–Kier alpha value is -2.59. The van der Waals surface area contributed by atoms with Crippen molar-refractivity contribution >= 4 is 17.0 Å². The number of aromatic nitrogens is 2. The third-order valence-corrected chi connectivity index (χ3v) is 2.44. The molecule has 0 fully saturated rings.